The van der Waals surface area contributed by atoms with E-state index in [1.807, 2.05) is 0 Å². The molecule has 192 valence electrons. The van der Waals surface area contributed by atoms with Crippen molar-refractivity contribution in [2.45, 2.75) is 58.2 Å². The molecule has 0 aliphatic carbocycles. The molecule has 0 radical (unpaired) electrons. The lowest BCUT2D eigenvalue weighted by Gasteiger charge is -2.36. The van der Waals surface area contributed by atoms with Crippen LogP contribution in [0.4, 0.5) is 10.2 Å². The summed E-state index contributed by atoms with van der Waals surface area (Å²) >= 11 is 0. The molecule has 3 aromatic rings. The molecular formula is C25H30FN5O5. The lowest BCUT2D eigenvalue weighted by molar-refractivity contribution is -0.175. The number of ether oxygens (including phenoxy) is 3. The fraction of sp³-hybridized carbons (Fsp3) is 0.480. The van der Waals surface area contributed by atoms with Gasteiger partial charge in [0.2, 0.25) is 0 Å². The van der Waals surface area contributed by atoms with Crippen LogP contribution in [-0.2, 0) is 19.0 Å². The highest BCUT2D eigenvalue weighted by Crippen LogP contribution is 2.51. The molecule has 1 N–H and O–H groups in total. The third-order valence-electron chi connectivity index (χ3n) is 6.36. The summed E-state index contributed by atoms with van der Waals surface area (Å²) in [6, 6.07) is 8.39. The topological polar surface area (TPSA) is 117 Å². The zero-order valence-electron chi connectivity index (χ0n) is 20.9. The first-order valence-corrected chi connectivity index (χ1v) is 11.7. The molecule has 3 heterocycles. The van der Waals surface area contributed by atoms with Gasteiger partial charge in [-0.15, -0.1) is 0 Å². The number of fused-ring (bicyclic) bond motifs is 1. The van der Waals surface area contributed by atoms with Crippen molar-refractivity contribution >= 4 is 28.9 Å². The Balaban J connectivity index is 1.65. The summed E-state index contributed by atoms with van der Waals surface area (Å²) in [5, 5.41) is 3.22. The van der Waals surface area contributed by atoms with Crippen molar-refractivity contribution in [1.82, 2.24) is 19.5 Å². The third-order valence-corrected chi connectivity index (χ3v) is 6.36. The summed E-state index contributed by atoms with van der Waals surface area (Å²) in [5.74, 6) is -0.409. The van der Waals surface area contributed by atoms with Crippen LogP contribution in [0.1, 0.15) is 51.2 Å². The van der Waals surface area contributed by atoms with Crippen LogP contribution >= 0.6 is 0 Å². The van der Waals surface area contributed by atoms with E-state index >= 15 is 4.39 Å². The van der Waals surface area contributed by atoms with Gasteiger partial charge in [0, 0.05) is 13.5 Å². The summed E-state index contributed by atoms with van der Waals surface area (Å²) in [6.45, 7) is 8.35. The number of hydrogen-bond acceptors (Lipinski definition) is 9. The molecule has 4 atom stereocenters. The molecule has 11 heteroatoms. The Morgan fingerprint density at radius 1 is 1.19 bits per heavy atom. The summed E-state index contributed by atoms with van der Waals surface area (Å²) in [6.07, 6.45) is 0.388. The average molecular weight is 500 g/mol. The molecule has 0 spiro atoms. The molecule has 0 amide bonds. The first-order valence-electron chi connectivity index (χ1n) is 11.7. The first kappa shape index (κ1) is 25.5. The van der Waals surface area contributed by atoms with E-state index in [9.17, 15) is 9.59 Å². The Morgan fingerprint density at radius 2 is 1.92 bits per heavy atom. The lowest BCUT2D eigenvalue weighted by Crippen LogP contribution is -2.55. The fourth-order valence-corrected chi connectivity index (χ4v) is 4.22. The van der Waals surface area contributed by atoms with Gasteiger partial charge >= 0.3 is 11.9 Å². The van der Waals surface area contributed by atoms with E-state index in [1.165, 1.54) is 38.0 Å². The van der Waals surface area contributed by atoms with Crippen LogP contribution in [0.2, 0.25) is 0 Å². The number of carbonyl (C=O) groups is 2. The van der Waals surface area contributed by atoms with Crippen LogP contribution in [-0.4, -0.2) is 62.0 Å². The highest BCUT2D eigenvalue weighted by Gasteiger charge is 2.66. The Bertz CT molecular complexity index is 1250. The van der Waals surface area contributed by atoms with Crippen molar-refractivity contribution in [3.63, 3.8) is 0 Å². The summed E-state index contributed by atoms with van der Waals surface area (Å²) in [5.41, 5.74) is -2.89. The van der Waals surface area contributed by atoms with E-state index in [4.69, 9.17) is 14.2 Å². The SMILES string of the molecule is CC(=O)O[C@]1(C)[C@@H](COC(=O)c2ccccc2)O[C@H](n2cnc3c(NCC(C)C)ncnc32)[C@]1(C)F. The molecular weight excluding hydrogens is 469 g/mol. The molecule has 10 nitrogen and oxygen atoms in total. The molecule has 1 aliphatic rings. The Hall–Kier alpha value is -3.60. The minimum Gasteiger partial charge on any atom is -0.459 e. The van der Waals surface area contributed by atoms with E-state index in [0.717, 1.165) is 0 Å². The predicted molar refractivity (Wildman–Crippen MR) is 129 cm³/mol. The molecule has 4 rings (SSSR count). The number of rotatable bonds is 8. The summed E-state index contributed by atoms with van der Waals surface area (Å²) in [7, 11) is 0. The van der Waals surface area contributed by atoms with Crippen LogP contribution in [0.3, 0.4) is 0 Å². The standard InChI is InChI=1S/C25H30FN5O5/c1-15(2)11-27-20-19-21(29-13-28-20)31(14-30-19)23-24(4,26)25(5,36-16(3)32)18(35-23)12-34-22(33)17-9-7-6-8-10-17/h6-10,13-15,18,23H,11-12H2,1-5H3,(H,27,28,29)/t18-,23+,24+,25-/m1/s1. The number of nitrogens with one attached hydrogen (secondary N) is 1. The summed E-state index contributed by atoms with van der Waals surface area (Å²) < 4.78 is 35.0. The van der Waals surface area contributed by atoms with Gasteiger partial charge in [-0.25, -0.2) is 24.1 Å². The predicted octanol–water partition coefficient (Wildman–Crippen LogP) is 3.70. The molecule has 1 fully saturated rings. The molecule has 36 heavy (non-hydrogen) atoms. The number of aromatic nitrogens is 4. The highest BCUT2D eigenvalue weighted by molar-refractivity contribution is 5.89. The maximum atomic E-state index is 16.6. The van der Waals surface area contributed by atoms with Crippen LogP contribution in [0.25, 0.3) is 11.2 Å². The van der Waals surface area contributed by atoms with Crippen LogP contribution < -0.4 is 5.32 Å². The Labute approximate surface area is 208 Å². The maximum Gasteiger partial charge on any atom is 0.338 e. The number of esters is 2. The van der Waals surface area contributed by atoms with Gasteiger partial charge in [0.25, 0.3) is 0 Å². The minimum absolute atomic E-state index is 0.336. The molecule has 1 aromatic carbocycles. The van der Waals surface area contributed by atoms with Gasteiger partial charge in [0.05, 0.1) is 11.9 Å². The number of nitrogens with zero attached hydrogens (tertiary/aromatic N) is 4. The number of anilines is 1. The molecule has 0 unspecified atom stereocenters. The van der Waals surface area contributed by atoms with Crippen molar-refractivity contribution in [3.05, 3.63) is 48.5 Å². The Morgan fingerprint density at radius 3 is 2.58 bits per heavy atom. The quantitative estimate of drug-likeness (QED) is 0.463. The monoisotopic (exact) mass is 499 g/mol. The third kappa shape index (κ3) is 4.62. The molecule has 0 bridgehead atoms. The number of carbonyl (C=O) groups excluding carboxylic acids is 2. The Kier molecular flexibility index (Phi) is 6.94. The van der Waals surface area contributed by atoms with E-state index in [2.05, 4.69) is 34.1 Å². The van der Waals surface area contributed by atoms with E-state index in [1.54, 1.807) is 30.3 Å². The van der Waals surface area contributed by atoms with Gasteiger partial charge in [-0.1, -0.05) is 32.0 Å². The number of imidazole rings is 1. The van der Waals surface area contributed by atoms with Crippen molar-refractivity contribution in [2.75, 3.05) is 18.5 Å². The van der Waals surface area contributed by atoms with Crippen molar-refractivity contribution in [1.29, 1.82) is 0 Å². The first-order chi connectivity index (χ1) is 17.0. The van der Waals surface area contributed by atoms with Gasteiger partial charge in [-0.05, 0) is 31.9 Å². The zero-order valence-corrected chi connectivity index (χ0v) is 20.9. The van der Waals surface area contributed by atoms with Crippen molar-refractivity contribution in [2.24, 2.45) is 5.92 Å². The van der Waals surface area contributed by atoms with E-state index < -0.39 is 35.5 Å². The average Bonchev–Trinajstić information content (AvgIpc) is 3.33. The van der Waals surface area contributed by atoms with Crippen LogP contribution in [0.5, 0.6) is 0 Å². The van der Waals surface area contributed by atoms with Gasteiger partial charge in [-0.3, -0.25) is 9.36 Å². The van der Waals surface area contributed by atoms with E-state index in [-0.39, 0.29) is 6.61 Å². The zero-order chi connectivity index (χ0) is 26.1. The number of hydrogen-bond donors (Lipinski definition) is 1. The summed E-state index contributed by atoms with van der Waals surface area (Å²) in [4.78, 5) is 37.4. The number of alkyl halides is 1. The second-order valence-corrected chi connectivity index (χ2v) is 9.54. The van der Waals surface area contributed by atoms with Crippen LogP contribution in [0, 0.1) is 5.92 Å². The largest absolute Gasteiger partial charge is 0.459 e. The van der Waals surface area contributed by atoms with Gasteiger partial charge in [0.15, 0.2) is 34.5 Å². The van der Waals surface area contributed by atoms with Crippen LogP contribution in [0.15, 0.2) is 43.0 Å². The minimum atomic E-state index is -2.24. The van der Waals surface area contributed by atoms with Gasteiger partial charge in [-0.2, -0.15) is 0 Å². The van der Waals surface area contributed by atoms with Gasteiger partial charge in [0.1, 0.15) is 19.0 Å². The number of halogens is 1. The molecule has 1 saturated heterocycles. The highest BCUT2D eigenvalue weighted by atomic mass is 19.1. The molecule has 0 saturated carbocycles. The van der Waals surface area contributed by atoms with E-state index in [0.29, 0.717) is 35.0 Å². The van der Waals surface area contributed by atoms with Crippen molar-refractivity contribution < 1.29 is 28.2 Å². The fourth-order valence-electron chi connectivity index (χ4n) is 4.22. The number of benzene rings is 1. The second kappa shape index (κ2) is 9.81. The smallest absolute Gasteiger partial charge is 0.338 e. The normalized spacial score (nSPS) is 25.8. The van der Waals surface area contributed by atoms with Crippen molar-refractivity contribution in [3.8, 4) is 0 Å². The molecule has 2 aromatic heterocycles. The second-order valence-electron chi connectivity index (χ2n) is 9.54. The molecule has 1 aliphatic heterocycles. The maximum absolute atomic E-state index is 16.6. The van der Waals surface area contributed by atoms with Gasteiger partial charge < -0.3 is 19.5 Å². The lowest BCUT2D eigenvalue weighted by atomic mass is 9.84.